The van der Waals surface area contributed by atoms with Crippen LogP contribution in [0.15, 0.2) is 95.3 Å². The zero-order valence-corrected chi connectivity index (χ0v) is 17.9. The lowest BCUT2D eigenvalue weighted by Gasteiger charge is -2.15. The lowest BCUT2D eigenvalue weighted by Crippen LogP contribution is -2.39. The summed E-state index contributed by atoms with van der Waals surface area (Å²) < 4.78 is 0. The summed E-state index contributed by atoms with van der Waals surface area (Å²) in [4.78, 5) is 30.0. The Bertz CT molecular complexity index is 1310. The number of para-hydroxylation sites is 1. The van der Waals surface area contributed by atoms with E-state index in [2.05, 4.69) is 26.6 Å². The van der Waals surface area contributed by atoms with Gasteiger partial charge in [-0.05, 0) is 54.4 Å². The molecule has 1 aliphatic rings. The summed E-state index contributed by atoms with van der Waals surface area (Å²) in [5.41, 5.74) is 4.23. The number of anilines is 1. The molecule has 0 unspecified atom stereocenters. The van der Waals surface area contributed by atoms with Crippen molar-refractivity contribution in [2.75, 3.05) is 11.4 Å². The molecule has 7 nitrogen and oxygen atoms in total. The molecule has 0 bridgehead atoms. The molecule has 2 heterocycles. The van der Waals surface area contributed by atoms with E-state index in [1.807, 2.05) is 54.7 Å². The molecule has 4 aromatic rings. The molecule has 7 heteroatoms. The molecule has 0 radical (unpaired) electrons. The summed E-state index contributed by atoms with van der Waals surface area (Å²) in [5.74, 6) is -0.430. The van der Waals surface area contributed by atoms with E-state index in [1.165, 1.54) is 15.8 Å². The van der Waals surface area contributed by atoms with Crippen LogP contribution in [0.5, 0.6) is 0 Å². The lowest BCUT2D eigenvalue weighted by atomic mass is 10.1. The van der Waals surface area contributed by atoms with Crippen LogP contribution in [-0.2, 0) is 16.0 Å². The first kappa shape index (κ1) is 20.8. The number of hydrogen-bond acceptors (Lipinski definition) is 5. The molecular formula is C26H23N5O2. The van der Waals surface area contributed by atoms with Gasteiger partial charge in [-0.3, -0.25) is 9.59 Å². The molecule has 2 N–H and O–H groups in total. The first-order valence-corrected chi connectivity index (χ1v) is 10.9. The standard InChI is InChI=1S/C26H23N5O2/c32-25-16-24(27-15-14-18-17-28-23-9-5-4-8-22(18)23)26(33)31(25)21-12-10-20(11-13-21)30-29-19-6-2-1-3-7-19/h1-13,17,24,27-28H,14-16H2/t24-/m0/s1. The molecule has 1 aliphatic heterocycles. The highest BCUT2D eigenvalue weighted by molar-refractivity contribution is 6.22. The van der Waals surface area contributed by atoms with Gasteiger partial charge in [-0.1, -0.05) is 36.4 Å². The summed E-state index contributed by atoms with van der Waals surface area (Å²) in [7, 11) is 0. The summed E-state index contributed by atoms with van der Waals surface area (Å²) in [6.07, 6.45) is 2.92. The number of fused-ring (bicyclic) bond motifs is 1. The number of azo groups is 1. The van der Waals surface area contributed by atoms with Gasteiger partial charge in [0.15, 0.2) is 0 Å². The molecule has 1 atom stereocenters. The Morgan fingerprint density at radius 1 is 0.879 bits per heavy atom. The van der Waals surface area contributed by atoms with E-state index in [0.717, 1.165) is 17.6 Å². The Hall–Kier alpha value is -4.10. The molecule has 1 fully saturated rings. The molecule has 0 spiro atoms. The molecule has 33 heavy (non-hydrogen) atoms. The molecular weight excluding hydrogens is 414 g/mol. The zero-order chi connectivity index (χ0) is 22.6. The van der Waals surface area contributed by atoms with Crippen molar-refractivity contribution >= 4 is 39.8 Å². The fraction of sp³-hybridized carbons (Fsp3) is 0.154. The monoisotopic (exact) mass is 437 g/mol. The van der Waals surface area contributed by atoms with Crippen molar-refractivity contribution in [1.29, 1.82) is 0 Å². The molecule has 1 saturated heterocycles. The van der Waals surface area contributed by atoms with Gasteiger partial charge in [0.1, 0.15) is 0 Å². The number of amides is 2. The molecule has 0 aliphatic carbocycles. The van der Waals surface area contributed by atoms with E-state index in [9.17, 15) is 9.59 Å². The van der Waals surface area contributed by atoms with Crippen molar-refractivity contribution in [1.82, 2.24) is 10.3 Å². The maximum atomic E-state index is 12.9. The number of rotatable bonds is 7. The van der Waals surface area contributed by atoms with Gasteiger partial charge in [0.2, 0.25) is 5.91 Å². The Labute approximate surface area is 191 Å². The van der Waals surface area contributed by atoms with Crippen LogP contribution in [0.1, 0.15) is 12.0 Å². The second-order valence-electron chi connectivity index (χ2n) is 7.94. The van der Waals surface area contributed by atoms with Crippen LogP contribution in [0.25, 0.3) is 10.9 Å². The summed E-state index contributed by atoms with van der Waals surface area (Å²) in [5, 5.41) is 12.8. The van der Waals surface area contributed by atoms with Gasteiger partial charge in [-0.15, -0.1) is 0 Å². The maximum Gasteiger partial charge on any atom is 0.251 e. The second-order valence-corrected chi connectivity index (χ2v) is 7.94. The topological polar surface area (TPSA) is 89.9 Å². The van der Waals surface area contributed by atoms with Gasteiger partial charge < -0.3 is 10.3 Å². The van der Waals surface area contributed by atoms with E-state index in [0.29, 0.717) is 17.9 Å². The first-order valence-electron chi connectivity index (χ1n) is 10.9. The average molecular weight is 438 g/mol. The van der Waals surface area contributed by atoms with Crippen LogP contribution < -0.4 is 10.2 Å². The highest BCUT2D eigenvalue weighted by atomic mass is 16.2. The smallest absolute Gasteiger partial charge is 0.251 e. The number of nitrogens with zero attached hydrogens (tertiary/aromatic N) is 3. The van der Waals surface area contributed by atoms with Crippen molar-refractivity contribution in [3.63, 3.8) is 0 Å². The molecule has 5 rings (SSSR count). The number of hydrogen-bond donors (Lipinski definition) is 2. The van der Waals surface area contributed by atoms with Crippen LogP contribution in [0, 0.1) is 0 Å². The second kappa shape index (κ2) is 9.18. The average Bonchev–Trinajstić information content (AvgIpc) is 3.39. The number of carbonyl (C=O) groups excluding carboxylic acids is 2. The third-order valence-electron chi connectivity index (χ3n) is 5.75. The van der Waals surface area contributed by atoms with Gasteiger partial charge in [0.05, 0.1) is 29.5 Å². The molecule has 1 aromatic heterocycles. The third-order valence-corrected chi connectivity index (χ3v) is 5.75. The Balaban J connectivity index is 1.20. The largest absolute Gasteiger partial charge is 0.361 e. The number of aromatic amines is 1. The minimum atomic E-state index is -0.514. The van der Waals surface area contributed by atoms with E-state index in [4.69, 9.17) is 0 Å². The van der Waals surface area contributed by atoms with E-state index in [1.54, 1.807) is 24.3 Å². The van der Waals surface area contributed by atoms with E-state index >= 15 is 0 Å². The maximum absolute atomic E-state index is 12.9. The molecule has 0 saturated carbocycles. The van der Waals surface area contributed by atoms with Gasteiger partial charge in [0, 0.05) is 23.6 Å². The van der Waals surface area contributed by atoms with Crippen molar-refractivity contribution in [3.05, 3.63) is 90.6 Å². The predicted molar refractivity (Wildman–Crippen MR) is 128 cm³/mol. The minimum Gasteiger partial charge on any atom is -0.361 e. The SMILES string of the molecule is O=C1C[C@H](NCCc2c[nH]c3ccccc23)C(=O)N1c1ccc(N=Nc2ccccc2)cc1. The third kappa shape index (κ3) is 4.44. The Morgan fingerprint density at radius 2 is 1.58 bits per heavy atom. The Kier molecular flexibility index (Phi) is 5.78. The lowest BCUT2D eigenvalue weighted by molar-refractivity contribution is -0.121. The molecule has 164 valence electrons. The number of nitrogens with one attached hydrogen (secondary N) is 2. The summed E-state index contributed by atoms with van der Waals surface area (Å²) >= 11 is 0. The molecule has 3 aromatic carbocycles. The minimum absolute atomic E-state index is 0.155. The predicted octanol–water partition coefficient (Wildman–Crippen LogP) is 5.05. The van der Waals surface area contributed by atoms with Crippen molar-refractivity contribution in [2.45, 2.75) is 18.9 Å². The van der Waals surface area contributed by atoms with E-state index in [-0.39, 0.29) is 18.2 Å². The van der Waals surface area contributed by atoms with Gasteiger partial charge in [-0.25, -0.2) is 4.90 Å². The molecule has 2 amide bonds. The first-order chi connectivity index (χ1) is 16.2. The van der Waals surface area contributed by atoms with E-state index < -0.39 is 6.04 Å². The van der Waals surface area contributed by atoms with Crippen LogP contribution in [0.4, 0.5) is 17.1 Å². The summed E-state index contributed by atoms with van der Waals surface area (Å²) in [6, 6.07) is 24.0. The van der Waals surface area contributed by atoms with Crippen LogP contribution in [0.3, 0.4) is 0 Å². The highest BCUT2D eigenvalue weighted by Crippen LogP contribution is 2.26. The quantitative estimate of drug-likeness (QED) is 0.313. The highest BCUT2D eigenvalue weighted by Gasteiger charge is 2.39. The normalized spacial score (nSPS) is 16.4. The van der Waals surface area contributed by atoms with Crippen LogP contribution >= 0.6 is 0 Å². The number of carbonyl (C=O) groups is 2. The van der Waals surface area contributed by atoms with Crippen molar-refractivity contribution < 1.29 is 9.59 Å². The Morgan fingerprint density at radius 3 is 2.36 bits per heavy atom. The number of imide groups is 1. The fourth-order valence-corrected chi connectivity index (χ4v) is 4.06. The zero-order valence-electron chi connectivity index (χ0n) is 17.9. The van der Waals surface area contributed by atoms with Gasteiger partial charge in [-0.2, -0.15) is 10.2 Å². The summed E-state index contributed by atoms with van der Waals surface area (Å²) in [6.45, 7) is 0.609. The number of benzene rings is 3. The fourth-order valence-electron chi connectivity index (χ4n) is 4.06. The number of aromatic nitrogens is 1. The van der Waals surface area contributed by atoms with Crippen molar-refractivity contribution in [2.24, 2.45) is 10.2 Å². The van der Waals surface area contributed by atoms with Gasteiger partial charge >= 0.3 is 0 Å². The van der Waals surface area contributed by atoms with Crippen molar-refractivity contribution in [3.8, 4) is 0 Å². The van der Waals surface area contributed by atoms with Gasteiger partial charge in [0.25, 0.3) is 5.91 Å². The van der Waals surface area contributed by atoms with Crippen LogP contribution in [-0.4, -0.2) is 29.4 Å². The number of H-pyrrole nitrogens is 1. The van der Waals surface area contributed by atoms with Crippen LogP contribution in [0.2, 0.25) is 0 Å².